The summed E-state index contributed by atoms with van der Waals surface area (Å²) in [5, 5.41) is 0. The fraction of sp³-hybridized carbons (Fsp3) is 0.0317. The lowest BCUT2D eigenvalue weighted by molar-refractivity contribution is 0.794. The van der Waals surface area contributed by atoms with Gasteiger partial charge in [0, 0.05) is 0 Å². The van der Waals surface area contributed by atoms with Gasteiger partial charge in [-0.1, -0.05) is 437 Å². The SMILES string of the molecule is c1ccc2c(c1)-c1ccccc1C21c2ccccc2-c2ccc(-c3ccc(C(=C(c4ccc(-c5ccc6c(c5)C5(c7ccccc7-c7ccccc75)c5ccccc5-6)cc4)c4ccc(-c5ccc6c(c5)C5(c7ccccc7-c7ccccc75)c5ccccc5-6)cc4)c4ccc(-c5ccc6c(c5)C5(c7ccccc7-c7ccccc75)c5ccccc5-6)cc4)cc3)cc21. The molecule has 28 rings (SSSR count). The van der Waals surface area contributed by atoms with Crippen LogP contribution in [0.15, 0.2) is 461 Å². The van der Waals surface area contributed by atoms with Gasteiger partial charge < -0.3 is 0 Å². The average molecular weight is 1590 g/mol. The van der Waals surface area contributed by atoms with Gasteiger partial charge >= 0.3 is 0 Å². The molecule has 0 bridgehead atoms. The molecule has 20 aromatic rings. The molecular weight excluding hydrogens is 1510 g/mol. The zero-order chi connectivity index (χ0) is 82.3. The van der Waals surface area contributed by atoms with Gasteiger partial charge in [0.05, 0.1) is 21.7 Å². The number of fused-ring (bicyclic) bond motifs is 40. The number of rotatable bonds is 8. The monoisotopic (exact) mass is 1590 g/mol. The molecule has 20 aromatic carbocycles. The van der Waals surface area contributed by atoms with Crippen molar-refractivity contribution in [1.29, 1.82) is 0 Å². The Morgan fingerprint density at radius 1 is 0.103 bits per heavy atom. The van der Waals surface area contributed by atoms with Crippen molar-refractivity contribution in [2.75, 3.05) is 0 Å². The molecule has 0 atom stereocenters. The van der Waals surface area contributed by atoms with Crippen molar-refractivity contribution in [3.05, 3.63) is 572 Å². The molecule has 0 saturated heterocycles. The molecule has 0 heteroatoms. The van der Waals surface area contributed by atoms with Gasteiger partial charge in [-0.3, -0.25) is 0 Å². The fourth-order valence-electron chi connectivity index (χ4n) is 25.3. The van der Waals surface area contributed by atoms with Crippen LogP contribution in [0.3, 0.4) is 0 Å². The smallest absolute Gasteiger partial charge is 0.0619 e. The molecule has 0 nitrogen and oxygen atoms in total. The van der Waals surface area contributed by atoms with E-state index in [1.54, 1.807) is 0 Å². The highest BCUT2D eigenvalue weighted by atomic mass is 14.6. The Labute approximate surface area is 733 Å². The molecule has 0 aliphatic heterocycles. The molecule has 580 valence electrons. The van der Waals surface area contributed by atoms with E-state index in [1.165, 1.54) is 200 Å². The van der Waals surface area contributed by atoms with Gasteiger partial charge in [-0.25, -0.2) is 0 Å². The second-order valence-corrected chi connectivity index (χ2v) is 35.6. The summed E-state index contributed by atoms with van der Waals surface area (Å²) in [7, 11) is 0. The van der Waals surface area contributed by atoms with Crippen LogP contribution in [0.2, 0.25) is 0 Å². The Morgan fingerprint density at radius 2 is 0.222 bits per heavy atom. The molecular formula is C126H76. The van der Waals surface area contributed by atoms with Gasteiger partial charge in [-0.15, -0.1) is 0 Å². The third kappa shape index (κ3) is 8.96. The summed E-state index contributed by atoms with van der Waals surface area (Å²) < 4.78 is 0. The highest BCUT2D eigenvalue weighted by Gasteiger charge is 2.56. The topological polar surface area (TPSA) is 0 Å². The number of hydrogen-bond acceptors (Lipinski definition) is 0. The molecule has 4 spiro atoms. The minimum atomic E-state index is -0.470. The summed E-state index contributed by atoms with van der Waals surface area (Å²) >= 11 is 0. The molecule has 126 heavy (non-hydrogen) atoms. The second-order valence-electron chi connectivity index (χ2n) is 35.6. The van der Waals surface area contributed by atoms with Crippen molar-refractivity contribution < 1.29 is 0 Å². The summed E-state index contributed by atoms with van der Waals surface area (Å²) in [6.45, 7) is 0. The Kier molecular flexibility index (Phi) is 14.3. The first-order valence-electron chi connectivity index (χ1n) is 44.4. The minimum absolute atomic E-state index is 0.470. The van der Waals surface area contributed by atoms with Gasteiger partial charge in [0.25, 0.3) is 0 Å². The molecule has 0 unspecified atom stereocenters. The van der Waals surface area contributed by atoms with E-state index in [4.69, 9.17) is 0 Å². The number of benzene rings is 20. The maximum Gasteiger partial charge on any atom is 0.0725 e. The molecule has 0 N–H and O–H groups in total. The van der Waals surface area contributed by atoms with Crippen LogP contribution in [-0.4, -0.2) is 0 Å². The maximum absolute atomic E-state index is 2.52. The largest absolute Gasteiger partial charge is 0.0725 e. The molecule has 0 radical (unpaired) electrons. The van der Waals surface area contributed by atoms with Crippen LogP contribution in [0.25, 0.3) is 145 Å². The third-order valence-corrected chi connectivity index (χ3v) is 30.3. The van der Waals surface area contributed by atoms with E-state index < -0.39 is 21.7 Å². The number of hydrogen-bond donors (Lipinski definition) is 0. The van der Waals surface area contributed by atoms with E-state index in [2.05, 4.69) is 461 Å². The van der Waals surface area contributed by atoms with Gasteiger partial charge in [0.15, 0.2) is 0 Å². The van der Waals surface area contributed by atoms with Crippen molar-refractivity contribution in [1.82, 2.24) is 0 Å². The lowest BCUT2D eigenvalue weighted by Gasteiger charge is -2.30. The molecule has 0 saturated carbocycles. The molecule has 0 amide bonds. The van der Waals surface area contributed by atoms with E-state index in [9.17, 15) is 0 Å². The first kappa shape index (κ1) is 69.8. The van der Waals surface area contributed by atoms with E-state index in [0.29, 0.717) is 0 Å². The van der Waals surface area contributed by atoms with Crippen molar-refractivity contribution in [2.45, 2.75) is 21.7 Å². The van der Waals surface area contributed by atoms with Crippen LogP contribution in [0, 0.1) is 0 Å². The van der Waals surface area contributed by atoms with Crippen LogP contribution in [0.5, 0.6) is 0 Å². The van der Waals surface area contributed by atoms with Crippen LogP contribution in [0.4, 0.5) is 0 Å². The van der Waals surface area contributed by atoms with E-state index >= 15 is 0 Å². The van der Waals surface area contributed by atoms with Crippen molar-refractivity contribution in [3.8, 4) is 134 Å². The predicted octanol–water partition coefficient (Wildman–Crippen LogP) is 30.7. The van der Waals surface area contributed by atoms with Crippen LogP contribution < -0.4 is 0 Å². The van der Waals surface area contributed by atoms with E-state index in [-0.39, 0.29) is 0 Å². The van der Waals surface area contributed by atoms with Crippen molar-refractivity contribution in [2.24, 2.45) is 0 Å². The second kappa shape index (κ2) is 25.9. The third-order valence-electron chi connectivity index (χ3n) is 30.3. The lowest BCUT2D eigenvalue weighted by atomic mass is 9.70. The maximum atomic E-state index is 2.52. The van der Waals surface area contributed by atoms with Crippen LogP contribution >= 0.6 is 0 Å². The summed E-state index contributed by atoms with van der Waals surface area (Å²) in [5.74, 6) is 0. The first-order valence-corrected chi connectivity index (χ1v) is 44.4. The standard InChI is InChI=1S/C126H76/c1-13-37-105-89(25-1)90-26-2-14-38-106(90)123(105)113-45-21-9-33-97(113)101-69-65-85(73-117(101)123)77-49-57-81(58-50-77)121(82-59-51-78(52-60-82)86-66-70-102-98-34-10-22-46-114(98)124(118(102)74-86)107-39-15-3-27-91(107)92-28-4-16-40-108(92)124)122(83-61-53-79(54-62-83)87-67-71-103-99-35-11-23-47-115(99)125(119(103)75-87)109-41-17-5-29-93(109)94-30-6-18-42-110(94)125)84-63-55-80(56-64-84)88-68-72-104-100-36-12-24-48-116(100)126(120(104)76-88)111-43-19-7-31-95(111)96-32-8-20-44-112(96)126/h1-76H. The van der Waals surface area contributed by atoms with Crippen molar-refractivity contribution in [3.63, 3.8) is 0 Å². The Morgan fingerprint density at radius 3 is 0.365 bits per heavy atom. The average Bonchev–Trinajstić information content (AvgIpc) is 1.53. The summed E-state index contributed by atoms with van der Waals surface area (Å²) in [5.41, 5.74) is 56.5. The summed E-state index contributed by atoms with van der Waals surface area (Å²) in [4.78, 5) is 0. The molecule has 0 fully saturated rings. The molecule has 0 heterocycles. The lowest BCUT2D eigenvalue weighted by Crippen LogP contribution is -2.25. The predicted molar refractivity (Wildman–Crippen MR) is 518 cm³/mol. The molecule has 0 aromatic heterocycles. The summed E-state index contributed by atoms with van der Waals surface area (Å²) in [6, 6.07) is 177. The van der Waals surface area contributed by atoms with Gasteiger partial charge in [0.2, 0.25) is 0 Å². The van der Waals surface area contributed by atoms with Crippen LogP contribution in [-0.2, 0) is 21.7 Å². The Hall–Kier alpha value is -15.9. The zero-order valence-corrected chi connectivity index (χ0v) is 68.9. The van der Waals surface area contributed by atoms with Gasteiger partial charge in [0.1, 0.15) is 0 Å². The molecule has 8 aliphatic carbocycles. The zero-order valence-electron chi connectivity index (χ0n) is 68.9. The van der Waals surface area contributed by atoms with Crippen molar-refractivity contribution >= 4 is 11.1 Å². The minimum Gasteiger partial charge on any atom is -0.0619 e. The van der Waals surface area contributed by atoms with Gasteiger partial charge in [-0.05, 0) is 280 Å². The highest BCUT2D eigenvalue weighted by molar-refractivity contribution is 6.07. The van der Waals surface area contributed by atoms with E-state index in [1.807, 2.05) is 0 Å². The van der Waals surface area contributed by atoms with Crippen LogP contribution in [0.1, 0.15) is 111 Å². The van der Waals surface area contributed by atoms with E-state index in [0.717, 1.165) is 55.7 Å². The van der Waals surface area contributed by atoms with Gasteiger partial charge in [-0.2, -0.15) is 0 Å². The quantitative estimate of drug-likeness (QED) is 0.133. The first-order chi connectivity index (χ1) is 62.5. The Balaban J connectivity index is 0.640. The highest BCUT2D eigenvalue weighted by Crippen LogP contribution is 2.69. The summed E-state index contributed by atoms with van der Waals surface area (Å²) in [6.07, 6.45) is 0. The normalized spacial score (nSPS) is 14.4. The fourth-order valence-corrected chi connectivity index (χ4v) is 25.3. The molecule has 8 aliphatic rings. The Bertz CT molecular complexity index is 6960.